The van der Waals surface area contributed by atoms with Crippen molar-refractivity contribution in [3.05, 3.63) is 0 Å². The predicted molar refractivity (Wildman–Crippen MR) is 200 cm³/mol. The second kappa shape index (κ2) is 15.2. The highest BCUT2D eigenvalue weighted by Crippen LogP contribution is 2.61. The zero-order valence-corrected chi connectivity index (χ0v) is 33.1. The Balaban J connectivity index is 0.932. The fourth-order valence-electron chi connectivity index (χ4n) is 13.0. The Morgan fingerprint density at radius 1 is 0.469 bits per heavy atom. The Hall–Kier alpha value is -0.240. The molecular formula is C43H78N2O4. The van der Waals surface area contributed by atoms with Gasteiger partial charge in [-0.3, -0.25) is 0 Å². The molecule has 6 aliphatic rings. The quantitative estimate of drug-likeness (QED) is 0.123. The number of hydrogen-bond acceptors (Lipinski definition) is 6. The van der Waals surface area contributed by atoms with Crippen molar-refractivity contribution in [2.24, 2.45) is 57.2 Å². The van der Waals surface area contributed by atoms with E-state index in [0.717, 1.165) is 49.6 Å². The number of nitrogens with one attached hydrogen (secondary N) is 2. The smallest absolute Gasteiger partial charge is 0.0763 e. The summed E-state index contributed by atoms with van der Waals surface area (Å²) in [7, 11) is 0. The van der Waals surface area contributed by atoms with Gasteiger partial charge in [-0.15, -0.1) is 0 Å². The van der Waals surface area contributed by atoms with Crippen LogP contribution in [0.1, 0.15) is 152 Å². The molecule has 12 atom stereocenters. The highest BCUT2D eigenvalue weighted by atomic mass is 16.5. The van der Waals surface area contributed by atoms with Gasteiger partial charge in [0.2, 0.25) is 0 Å². The van der Waals surface area contributed by atoms with Crippen LogP contribution < -0.4 is 10.6 Å². The second-order valence-corrected chi connectivity index (χ2v) is 21.5. The molecule has 0 aromatic heterocycles. The third-order valence-electron chi connectivity index (χ3n) is 14.7. The van der Waals surface area contributed by atoms with Gasteiger partial charge in [0.15, 0.2) is 0 Å². The average Bonchev–Trinajstić information content (AvgIpc) is 3.70. The third kappa shape index (κ3) is 8.94. The normalized spacial score (nSPS) is 40.8. The lowest BCUT2D eigenvalue weighted by atomic mass is 9.74. The molecule has 0 amide bonds. The number of hydrogen-bond donors (Lipinski definition) is 4. The van der Waals surface area contributed by atoms with Crippen LogP contribution in [0.4, 0.5) is 0 Å². The first-order valence-corrected chi connectivity index (χ1v) is 21.1. The summed E-state index contributed by atoms with van der Waals surface area (Å²) in [5, 5.41) is 27.9. The largest absolute Gasteiger partial charge is 0.396 e. The summed E-state index contributed by atoms with van der Waals surface area (Å²) in [4.78, 5) is 0. The van der Waals surface area contributed by atoms with Crippen LogP contribution in [0, 0.1) is 57.2 Å². The molecule has 0 aromatic carbocycles. The van der Waals surface area contributed by atoms with Crippen molar-refractivity contribution in [3.8, 4) is 0 Å². The summed E-state index contributed by atoms with van der Waals surface area (Å²) in [6, 6.07) is 0.503. The van der Waals surface area contributed by atoms with Crippen LogP contribution in [-0.4, -0.2) is 73.0 Å². The fourth-order valence-corrected chi connectivity index (χ4v) is 13.0. The van der Waals surface area contributed by atoms with Gasteiger partial charge in [0.05, 0.1) is 24.4 Å². The van der Waals surface area contributed by atoms with E-state index in [4.69, 9.17) is 9.47 Å². The minimum absolute atomic E-state index is 0.229. The molecule has 2 aliphatic heterocycles. The lowest BCUT2D eigenvalue weighted by Crippen LogP contribution is -2.53. The van der Waals surface area contributed by atoms with E-state index in [1.807, 2.05) is 0 Å². The van der Waals surface area contributed by atoms with Gasteiger partial charge < -0.3 is 30.3 Å². The first-order valence-electron chi connectivity index (χ1n) is 21.1. The van der Waals surface area contributed by atoms with Crippen LogP contribution in [-0.2, 0) is 9.47 Å². The van der Waals surface area contributed by atoms with Crippen molar-refractivity contribution < 1.29 is 19.7 Å². The molecule has 2 unspecified atom stereocenters. The summed E-state index contributed by atoms with van der Waals surface area (Å²) in [6.07, 6.45) is 19.1. The predicted octanol–water partition coefficient (Wildman–Crippen LogP) is 8.13. The summed E-state index contributed by atoms with van der Waals surface area (Å²) in [5.41, 5.74) is 1.55. The summed E-state index contributed by atoms with van der Waals surface area (Å²) >= 11 is 0. The molecule has 2 saturated heterocycles. The highest BCUT2D eigenvalue weighted by Gasteiger charge is 2.59. The molecule has 4 N–H and O–H groups in total. The number of aliphatic hydroxyl groups is 2. The standard InChI is InChI=1S/C43H78N2O4/c1-40(2)20-28-30-22-42(5,6)26-36(30)48-38(32(28)24-40)34(14-18-46)44-16-12-10-9-11-13-17-45-35(15-19-47)39-33-25-41(3,4)21-29(33)31-23-43(7,8)27-37(31)49-39/h28-39,44-47H,9-27H2,1-8H3/t28-,29-,30-,31-,32-,33-,34?,35?,36-,37-,38+,39+/m1/s1. The second-order valence-electron chi connectivity index (χ2n) is 21.5. The van der Waals surface area contributed by atoms with Crippen LogP contribution in [0.25, 0.3) is 0 Å². The van der Waals surface area contributed by atoms with Gasteiger partial charge in [-0.1, -0.05) is 74.7 Å². The molecule has 0 radical (unpaired) electrons. The Morgan fingerprint density at radius 2 is 0.796 bits per heavy atom. The molecule has 6 rings (SSSR count). The van der Waals surface area contributed by atoms with Gasteiger partial charge in [0.1, 0.15) is 0 Å². The molecule has 49 heavy (non-hydrogen) atoms. The highest BCUT2D eigenvalue weighted by molar-refractivity contribution is 5.08. The van der Waals surface area contributed by atoms with E-state index in [0.29, 0.717) is 45.7 Å². The zero-order valence-electron chi connectivity index (χ0n) is 33.1. The van der Waals surface area contributed by atoms with Gasteiger partial charge in [-0.2, -0.15) is 0 Å². The lowest BCUT2D eigenvalue weighted by Gasteiger charge is -2.45. The molecule has 6 nitrogen and oxygen atoms in total. The van der Waals surface area contributed by atoms with Crippen molar-refractivity contribution in [2.45, 2.75) is 188 Å². The van der Waals surface area contributed by atoms with Gasteiger partial charge in [0, 0.05) is 25.3 Å². The van der Waals surface area contributed by atoms with E-state index < -0.39 is 0 Å². The first-order chi connectivity index (χ1) is 23.1. The van der Waals surface area contributed by atoms with Crippen LogP contribution >= 0.6 is 0 Å². The van der Waals surface area contributed by atoms with Crippen LogP contribution in [0.5, 0.6) is 0 Å². The molecular weight excluding hydrogens is 608 g/mol. The van der Waals surface area contributed by atoms with Gasteiger partial charge in [-0.05, 0) is 147 Å². The van der Waals surface area contributed by atoms with E-state index in [-0.39, 0.29) is 37.5 Å². The summed E-state index contributed by atoms with van der Waals surface area (Å²) < 4.78 is 14.1. The molecule has 0 bridgehead atoms. The van der Waals surface area contributed by atoms with E-state index in [1.165, 1.54) is 83.5 Å². The maximum atomic E-state index is 10.1. The lowest BCUT2D eigenvalue weighted by molar-refractivity contribution is -0.140. The molecule has 0 aromatic rings. The van der Waals surface area contributed by atoms with E-state index in [1.54, 1.807) is 0 Å². The Bertz CT molecular complexity index is 992. The van der Waals surface area contributed by atoms with E-state index in [2.05, 4.69) is 66.0 Å². The zero-order chi connectivity index (χ0) is 35.2. The molecule has 4 aliphatic carbocycles. The van der Waals surface area contributed by atoms with Gasteiger partial charge >= 0.3 is 0 Å². The van der Waals surface area contributed by atoms with Crippen molar-refractivity contribution in [1.29, 1.82) is 0 Å². The number of aliphatic hydroxyl groups excluding tert-OH is 2. The van der Waals surface area contributed by atoms with Gasteiger partial charge in [-0.25, -0.2) is 0 Å². The van der Waals surface area contributed by atoms with Crippen LogP contribution in [0.2, 0.25) is 0 Å². The molecule has 284 valence electrons. The monoisotopic (exact) mass is 687 g/mol. The number of ether oxygens (including phenoxy) is 2. The van der Waals surface area contributed by atoms with Gasteiger partial charge in [0.25, 0.3) is 0 Å². The van der Waals surface area contributed by atoms with Crippen molar-refractivity contribution in [3.63, 3.8) is 0 Å². The Labute approximate surface area is 301 Å². The molecule has 6 fully saturated rings. The average molecular weight is 687 g/mol. The molecule has 0 spiro atoms. The van der Waals surface area contributed by atoms with Crippen LogP contribution in [0.15, 0.2) is 0 Å². The van der Waals surface area contributed by atoms with E-state index >= 15 is 0 Å². The van der Waals surface area contributed by atoms with Crippen molar-refractivity contribution >= 4 is 0 Å². The Kier molecular flexibility index (Phi) is 12.0. The summed E-state index contributed by atoms with van der Waals surface area (Å²) in [5.74, 6) is 4.22. The maximum absolute atomic E-state index is 10.1. The number of unbranched alkanes of at least 4 members (excludes halogenated alkanes) is 4. The fraction of sp³-hybridized carbons (Fsp3) is 1.00. The minimum Gasteiger partial charge on any atom is -0.396 e. The summed E-state index contributed by atoms with van der Waals surface area (Å²) in [6.45, 7) is 22.1. The maximum Gasteiger partial charge on any atom is 0.0763 e. The first kappa shape index (κ1) is 38.5. The number of fused-ring (bicyclic) bond motifs is 6. The molecule has 6 heteroatoms. The minimum atomic E-state index is 0.229. The van der Waals surface area contributed by atoms with Crippen molar-refractivity contribution in [2.75, 3.05) is 26.3 Å². The third-order valence-corrected chi connectivity index (χ3v) is 14.7. The van der Waals surface area contributed by atoms with Crippen molar-refractivity contribution in [1.82, 2.24) is 10.6 Å². The SMILES string of the molecule is CC1(C)C[C@H]2[C@@H](C1)[C@@H](C(CCO)NCCCCCCCNC(CCO)[C@H]1O[C@@H]3CC(C)(C)C[C@@H]3[C@H]3CC(C)(C)C[C@H]31)O[C@@H]1CC(C)(C)C[C@H]21. The number of rotatable bonds is 16. The van der Waals surface area contributed by atoms with E-state index in [9.17, 15) is 10.2 Å². The van der Waals surface area contributed by atoms with Crippen LogP contribution in [0.3, 0.4) is 0 Å². The topological polar surface area (TPSA) is 83.0 Å². The molecule has 4 saturated carbocycles. The molecule has 2 heterocycles. The Morgan fingerprint density at radius 3 is 1.18 bits per heavy atom.